The van der Waals surface area contributed by atoms with Gasteiger partial charge in [0.15, 0.2) is 0 Å². The Kier molecular flexibility index (Phi) is 4.30. The molecule has 4 nitrogen and oxygen atoms in total. The molecule has 25 heavy (non-hydrogen) atoms. The molecule has 1 aromatic carbocycles. The zero-order chi connectivity index (χ0) is 17.4. The van der Waals surface area contributed by atoms with Crippen LogP contribution < -0.4 is 5.32 Å². The zero-order valence-corrected chi connectivity index (χ0v) is 14.9. The molecule has 5 rings (SSSR count). The summed E-state index contributed by atoms with van der Waals surface area (Å²) in [6.45, 7) is 2.61. The molecule has 0 heterocycles. The molecular formula is C21H27NO3. The van der Waals surface area contributed by atoms with Gasteiger partial charge < -0.3 is 10.1 Å². The summed E-state index contributed by atoms with van der Waals surface area (Å²) < 4.78 is 5.28. The zero-order valence-electron chi connectivity index (χ0n) is 14.9. The number of carbonyl (C=O) groups excluding carboxylic acids is 2. The second-order valence-electron chi connectivity index (χ2n) is 8.46. The maximum atomic E-state index is 12.8. The summed E-state index contributed by atoms with van der Waals surface area (Å²) in [5.74, 6) is 2.14. The maximum absolute atomic E-state index is 12.8. The van der Waals surface area contributed by atoms with Crippen molar-refractivity contribution in [2.24, 2.45) is 23.2 Å². The van der Waals surface area contributed by atoms with Crippen LogP contribution in [0.5, 0.6) is 0 Å². The van der Waals surface area contributed by atoms with E-state index in [1.54, 1.807) is 12.1 Å². The van der Waals surface area contributed by atoms with Crippen molar-refractivity contribution < 1.29 is 14.3 Å². The summed E-state index contributed by atoms with van der Waals surface area (Å²) in [5.41, 5.74) is 1.54. The quantitative estimate of drug-likeness (QED) is 0.659. The van der Waals surface area contributed by atoms with Crippen molar-refractivity contribution in [2.75, 3.05) is 13.2 Å². The minimum atomic E-state index is -0.330. The van der Waals surface area contributed by atoms with Gasteiger partial charge in [-0.05, 0) is 75.3 Å². The van der Waals surface area contributed by atoms with E-state index in [4.69, 9.17) is 4.74 Å². The largest absolute Gasteiger partial charge is 0.460 e. The molecule has 134 valence electrons. The van der Waals surface area contributed by atoms with E-state index >= 15 is 0 Å². The standard InChI is InChI=1S/C21H27NO3/c1-14-2-4-18(5-3-14)19(23)25-7-6-22-20(24)21-11-15-8-16(12-21)10-17(9-15)13-21/h2-5,15-17H,6-13H2,1H3,(H,22,24). The van der Waals surface area contributed by atoms with E-state index < -0.39 is 0 Å². The molecular weight excluding hydrogens is 314 g/mol. The summed E-state index contributed by atoms with van der Waals surface area (Å²) in [6, 6.07) is 7.33. The number of carbonyl (C=O) groups is 2. The lowest BCUT2D eigenvalue weighted by atomic mass is 9.49. The molecule has 1 amide bonds. The number of aryl methyl sites for hydroxylation is 1. The van der Waals surface area contributed by atoms with Crippen LogP contribution >= 0.6 is 0 Å². The van der Waals surface area contributed by atoms with E-state index in [0.29, 0.717) is 12.1 Å². The lowest BCUT2D eigenvalue weighted by molar-refractivity contribution is -0.146. The van der Waals surface area contributed by atoms with Crippen molar-refractivity contribution in [1.82, 2.24) is 5.32 Å². The number of ether oxygens (including phenoxy) is 1. The Morgan fingerprint density at radius 2 is 1.60 bits per heavy atom. The first-order chi connectivity index (χ1) is 12.0. The molecule has 0 radical (unpaired) electrons. The van der Waals surface area contributed by atoms with E-state index in [2.05, 4.69) is 5.32 Å². The summed E-state index contributed by atoms with van der Waals surface area (Å²) in [4.78, 5) is 24.8. The van der Waals surface area contributed by atoms with Crippen LogP contribution in [0.25, 0.3) is 0 Å². The van der Waals surface area contributed by atoms with Gasteiger partial charge in [-0.1, -0.05) is 17.7 Å². The average Bonchev–Trinajstić information content (AvgIpc) is 2.57. The van der Waals surface area contributed by atoms with E-state index in [1.807, 2.05) is 19.1 Å². The van der Waals surface area contributed by atoms with Crippen molar-refractivity contribution in [3.8, 4) is 0 Å². The highest BCUT2D eigenvalue weighted by Crippen LogP contribution is 2.60. The van der Waals surface area contributed by atoms with Gasteiger partial charge in [-0.2, -0.15) is 0 Å². The molecule has 0 aliphatic heterocycles. The van der Waals surface area contributed by atoms with Crippen LogP contribution in [0.3, 0.4) is 0 Å². The van der Waals surface area contributed by atoms with Gasteiger partial charge in [0.05, 0.1) is 12.1 Å². The van der Waals surface area contributed by atoms with Crippen LogP contribution in [0.15, 0.2) is 24.3 Å². The first-order valence-electron chi connectivity index (χ1n) is 9.56. The Bertz CT molecular complexity index is 629. The SMILES string of the molecule is Cc1ccc(C(=O)OCCNC(=O)C23CC4CC(CC(C4)C2)C3)cc1. The fraction of sp³-hybridized carbons (Fsp3) is 0.619. The van der Waals surface area contributed by atoms with Gasteiger partial charge in [-0.3, -0.25) is 4.79 Å². The van der Waals surface area contributed by atoms with Crippen LogP contribution in [0, 0.1) is 30.1 Å². The predicted molar refractivity (Wildman–Crippen MR) is 95.1 cm³/mol. The molecule has 0 aromatic heterocycles. The molecule has 4 aliphatic carbocycles. The third-order valence-corrected chi connectivity index (χ3v) is 6.43. The minimum Gasteiger partial charge on any atom is -0.460 e. The predicted octanol–water partition coefficient (Wildman–Crippen LogP) is 3.48. The highest BCUT2D eigenvalue weighted by atomic mass is 16.5. The third kappa shape index (κ3) is 3.31. The fourth-order valence-corrected chi connectivity index (χ4v) is 5.66. The van der Waals surface area contributed by atoms with E-state index in [9.17, 15) is 9.59 Å². The topological polar surface area (TPSA) is 55.4 Å². The summed E-state index contributed by atoms with van der Waals surface area (Å²) >= 11 is 0. The fourth-order valence-electron chi connectivity index (χ4n) is 5.66. The maximum Gasteiger partial charge on any atom is 0.338 e. The smallest absolute Gasteiger partial charge is 0.338 e. The number of amides is 1. The Morgan fingerprint density at radius 3 is 2.16 bits per heavy atom. The number of hydrogen-bond donors (Lipinski definition) is 1. The van der Waals surface area contributed by atoms with E-state index in [0.717, 1.165) is 42.6 Å². The molecule has 0 spiro atoms. The average molecular weight is 341 g/mol. The Morgan fingerprint density at radius 1 is 1.04 bits per heavy atom. The molecule has 4 heteroatoms. The first-order valence-corrected chi connectivity index (χ1v) is 9.56. The molecule has 1 N–H and O–H groups in total. The van der Waals surface area contributed by atoms with E-state index in [-0.39, 0.29) is 23.9 Å². The molecule has 4 fully saturated rings. The lowest BCUT2D eigenvalue weighted by Crippen LogP contribution is -2.54. The van der Waals surface area contributed by atoms with Crippen LogP contribution in [0.4, 0.5) is 0 Å². The van der Waals surface area contributed by atoms with Crippen LogP contribution in [0.1, 0.15) is 54.4 Å². The third-order valence-electron chi connectivity index (χ3n) is 6.43. The van der Waals surface area contributed by atoms with Gasteiger partial charge in [0.25, 0.3) is 0 Å². The van der Waals surface area contributed by atoms with Gasteiger partial charge >= 0.3 is 5.97 Å². The summed E-state index contributed by atoms with van der Waals surface area (Å²) in [7, 11) is 0. The van der Waals surface area contributed by atoms with Crippen molar-refractivity contribution in [3.05, 3.63) is 35.4 Å². The summed E-state index contributed by atoms with van der Waals surface area (Å²) in [5, 5.41) is 3.04. The number of esters is 1. The molecule has 1 aromatic rings. The Balaban J connectivity index is 1.25. The number of hydrogen-bond acceptors (Lipinski definition) is 3. The molecule has 0 atom stereocenters. The molecule has 4 bridgehead atoms. The van der Waals surface area contributed by atoms with Crippen molar-refractivity contribution in [3.63, 3.8) is 0 Å². The van der Waals surface area contributed by atoms with Gasteiger partial charge in [0, 0.05) is 5.41 Å². The number of benzene rings is 1. The highest BCUT2D eigenvalue weighted by molar-refractivity contribution is 5.89. The molecule has 0 unspecified atom stereocenters. The second kappa shape index (κ2) is 6.47. The van der Waals surface area contributed by atoms with Crippen LogP contribution in [-0.2, 0) is 9.53 Å². The lowest BCUT2D eigenvalue weighted by Gasteiger charge is -2.55. The Hall–Kier alpha value is -1.84. The van der Waals surface area contributed by atoms with Crippen molar-refractivity contribution in [2.45, 2.75) is 45.4 Å². The molecule has 4 aliphatic rings. The molecule has 4 saturated carbocycles. The minimum absolute atomic E-state index is 0.129. The van der Waals surface area contributed by atoms with Crippen molar-refractivity contribution >= 4 is 11.9 Å². The normalized spacial score (nSPS) is 32.4. The molecule has 0 saturated heterocycles. The van der Waals surface area contributed by atoms with E-state index in [1.165, 1.54) is 19.3 Å². The monoisotopic (exact) mass is 341 g/mol. The Labute approximate surface area is 149 Å². The first kappa shape index (κ1) is 16.6. The second-order valence-corrected chi connectivity index (χ2v) is 8.46. The van der Waals surface area contributed by atoms with Gasteiger partial charge in [-0.15, -0.1) is 0 Å². The van der Waals surface area contributed by atoms with Crippen LogP contribution in [0.2, 0.25) is 0 Å². The van der Waals surface area contributed by atoms with Gasteiger partial charge in [-0.25, -0.2) is 4.79 Å². The van der Waals surface area contributed by atoms with Gasteiger partial charge in [0.1, 0.15) is 6.61 Å². The highest BCUT2D eigenvalue weighted by Gasteiger charge is 2.54. The number of rotatable bonds is 5. The number of nitrogens with one attached hydrogen (secondary N) is 1. The van der Waals surface area contributed by atoms with Gasteiger partial charge in [0.2, 0.25) is 5.91 Å². The van der Waals surface area contributed by atoms with Crippen molar-refractivity contribution in [1.29, 1.82) is 0 Å². The van der Waals surface area contributed by atoms with Crippen LogP contribution in [-0.4, -0.2) is 25.0 Å². The summed E-state index contributed by atoms with van der Waals surface area (Å²) in [6.07, 6.45) is 7.19.